The van der Waals surface area contributed by atoms with Crippen LogP contribution in [0.15, 0.2) is 34.9 Å². The first kappa shape index (κ1) is 16.9. The number of hydrogen-bond acceptors (Lipinski definition) is 5. The van der Waals surface area contributed by atoms with Crippen LogP contribution in [0, 0.1) is 0 Å². The van der Waals surface area contributed by atoms with Crippen LogP contribution in [0.25, 0.3) is 0 Å². The van der Waals surface area contributed by atoms with E-state index in [-0.39, 0.29) is 12.4 Å². The average Bonchev–Trinajstić information content (AvgIpc) is 3.16. The fourth-order valence-electron chi connectivity index (χ4n) is 2.20. The fraction of sp³-hybridized carbons (Fsp3) is 0.400. The topological polar surface area (TPSA) is 56.5 Å². The van der Waals surface area contributed by atoms with E-state index in [9.17, 15) is 0 Å². The summed E-state index contributed by atoms with van der Waals surface area (Å²) in [4.78, 5) is 0. The van der Waals surface area contributed by atoms with Crippen molar-refractivity contribution >= 4 is 24.0 Å². The molecule has 1 aliphatic heterocycles. The minimum atomic E-state index is 0. The van der Waals surface area contributed by atoms with E-state index in [0.29, 0.717) is 35.9 Å². The molecule has 1 atom stereocenters. The van der Waals surface area contributed by atoms with Crippen molar-refractivity contribution in [3.8, 4) is 11.6 Å². The first-order valence-electron chi connectivity index (χ1n) is 7.00. The van der Waals surface area contributed by atoms with Crippen LogP contribution in [-0.4, -0.2) is 24.4 Å². The molecular weight excluding hydrogens is 327 g/mol. The number of nitrogens with one attached hydrogen (secondary N) is 1. The number of aromatic nitrogens is 1. The SMILES string of the molecule is Cl.Clc1ccc(OCc2cc(OC[C@@H]3CCCN3)no2)cc1. The average molecular weight is 345 g/mol. The van der Waals surface area contributed by atoms with E-state index in [4.69, 9.17) is 25.6 Å². The van der Waals surface area contributed by atoms with Gasteiger partial charge in [-0.15, -0.1) is 12.4 Å². The van der Waals surface area contributed by atoms with E-state index in [0.717, 1.165) is 18.7 Å². The van der Waals surface area contributed by atoms with Gasteiger partial charge in [-0.1, -0.05) is 11.6 Å². The summed E-state index contributed by atoms with van der Waals surface area (Å²) in [5.41, 5.74) is 0. The normalized spacial score (nSPS) is 17.0. The Morgan fingerprint density at radius 1 is 1.27 bits per heavy atom. The van der Waals surface area contributed by atoms with Crippen molar-refractivity contribution in [3.05, 3.63) is 41.1 Å². The van der Waals surface area contributed by atoms with Crippen LogP contribution in [0.3, 0.4) is 0 Å². The highest BCUT2D eigenvalue weighted by molar-refractivity contribution is 6.30. The minimum Gasteiger partial charge on any atom is -0.486 e. The summed E-state index contributed by atoms with van der Waals surface area (Å²) < 4.78 is 16.4. The van der Waals surface area contributed by atoms with Gasteiger partial charge < -0.3 is 19.3 Å². The molecule has 0 radical (unpaired) electrons. The number of rotatable bonds is 6. The highest BCUT2D eigenvalue weighted by Gasteiger charge is 2.15. The lowest BCUT2D eigenvalue weighted by molar-refractivity contribution is 0.230. The predicted molar refractivity (Wildman–Crippen MR) is 86.1 cm³/mol. The van der Waals surface area contributed by atoms with Gasteiger partial charge in [0.1, 0.15) is 19.0 Å². The molecule has 1 aromatic carbocycles. The van der Waals surface area contributed by atoms with Gasteiger partial charge in [0, 0.05) is 17.1 Å². The Morgan fingerprint density at radius 2 is 2.09 bits per heavy atom. The quantitative estimate of drug-likeness (QED) is 0.869. The predicted octanol–water partition coefficient (Wildman–Crippen LogP) is 3.46. The van der Waals surface area contributed by atoms with E-state index in [1.54, 1.807) is 18.2 Å². The number of benzene rings is 1. The zero-order valence-electron chi connectivity index (χ0n) is 12.0. The third kappa shape index (κ3) is 4.80. The molecule has 0 bridgehead atoms. The van der Waals surface area contributed by atoms with Crippen LogP contribution in [0.1, 0.15) is 18.6 Å². The van der Waals surface area contributed by atoms with Crippen molar-refractivity contribution in [2.75, 3.05) is 13.2 Å². The van der Waals surface area contributed by atoms with E-state index < -0.39 is 0 Å². The smallest absolute Gasteiger partial charge is 0.254 e. The number of halogens is 2. The third-order valence-corrected chi connectivity index (χ3v) is 3.58. The monoisotopic (exact) mass is 344 g/mol. The molecule has 3 rings (SSSR count). The zero-order valence-corrected chi connectivity index (χ0v) is 13.5. The summed E-state index contributed by atoms with van der Waals surface area (Å²) >= 11 is 5.82. The Hall–Kier alpha value is -1.43. The molecular formula is C15H18Cl2N2O3. The standard InChI is InChI=1S/C15H17ClN2O3.ClH/c16-11-3-5-13(6-4-11)19-10-14-8-15(18-21-14)20-9-12-2-1-7-17-12;/h3-6,8,12,17H,1-2,7,9-10H2;1H/t12-;/m0./s1. The summed E-state index contributed by atoms with van der Waals surface area (Å²) in [7, 11) is 0. The maximum Gasteiger partial charge on any atom is 0.254 e. The number of ether oxygens (including phenoxy) is 2. The van der Waals surface area contributed by atoms with Crippen molar-refractivity contribution in [1.29, 1.82) is 0 Å². The largest absolute Gasteiger partial charge is 0.486 e. The highest BCUT2D eigenvalue weighted by atomic mass is 35.5. The molecule has 0 aliphatic carbocycles. The lowest BCUT2D eigenvalue weighted by Crippen LogP contribution is -2.28. The van der Waals surface area contributed by atoms with E-state index >= 15 is 0 Å². The van der Waals surface area contributed by atoms with Gasteiger partial charge in [0.05, 0.1) is 0 Å². The summed E-state index contributed by atoms with van der Waals surface area (Å²) in [6, 6.07) is 9.34. The Bertz CT molecular complexity index is 568. The van der Waals surface area contributed by atoms with Crippen molar-refractivity contribution in [3.63, 3.8) is 0 Å². The van der Waals surface area contributed by atoms with Crippen LogP contribution < -0.4 is 14.8 Å². The third-order valence-electron chi connectivity index (χ3n) is 3.33. The molecule has 5 nitrogen and oxygen atoms in total. The van der Waals surface area contributed by atoms with E-state index in [1.807, 2.05) is 12.1 Å². The maximum atomic E-state index is 5.82. The minimum absolute atomic E-state index is 0. The number of nitrogens with zero attached hydrogens (tertiary/aromatic N) is 1. The summed E-state index contributed by atoms with van der Waals surface area (Å²) in [6.07, 6.45) is 2.34. The van der Waals surface area contributed by atoms with Crippen LogP contribution in [0.2, 0.25) is 5.02 Å². The van der Waals surface area contributed by atoms with Gasteiger partial charge in [-0.2, -0.15) is 0 Å². The van der Waals surface area contributed by atoms with Gasteiger partial charge in [0.15, 0.2) is 5.76 Å². The lowest BCUT2D eigenvalue weighted by Gasteiger charge is -2.08. The maximum absolute atomic E-state index is 5.82. The van der Waals surface area contributed by atoms with E-state index in [1.165, 1.54) is 6.42 Å². The molecule has 0 amide bonds. The second kappa shape index (κ2) is 8.27. The molecule has 1 aliphatic rings. The number of hydrogen-bond donors (Lipinski definition) is 1. The molecule has 2 heterocycles. The fourth-order valence-corrected chi connectivity index (χ4v) is 2.33. The Balaban J connectivity index is 0.00000176. The molecule has 120 valence electrons. The van der Waals surface area contributed by atoms with Crippen LogP contribution in [-0.2, 0) is 6.61 Å². The molecule has 7 heteroatoms. The van der Waals surface area contributed by atoms with Gasteiger partial charge in [-0.05, 0) is 48.8 Å². The second-order valence-corrected chi connectivity index (χ2v) is 5.41. The van der Waals surface area contributed by atoms with Gasteiger partial charge in [0.2, 0.25) is 0 Å². The highest BCUT2D eigenvalue weighted by Crippen LogP contribution is 2.18. The second-order valence-electron chi connectivity index (χ2n) is 4.98. The van der Waals surface area contributed by atoms with E-state index in [2.05, 4.69) is 10.5 Å². The molecule has 1 fully saturated rings. The summed E-state index contributed by atoms with van der Waals surface area (Å²) in [6.45, 7) is 1.98. The van der Waals surface area contributed by atoms with Crippen molar-refractivity contribution in [2.45, 2.75) is 25.5 Å². The van der Waals surface area contributed by atoms with Crippen LogP contribution in [0.5, 0.6) is 11.6 Å². The Labute approximate surface area is 140 Å². The molecule has 1 aromatic heterocycles. The summed E-state index contributed by atoms with van der Waals surface area (Å²) in [5.74, 6) is 1.85. The Morgan fingerprint density at radius 3 is 2.82 bits per heavy atom. The van der Waals surface area contributed by atoms with Gasteiger partial charge in [-0.25, -0.2) is 0 Å². The van der Waals surface area contributed by atoms with Gasteiger partial charge in [0.25, 0.3) is 5.88 Å². The summed E-state index contributed by atoms with van der Waals surface area (Å²) in [5, 5.41) is 7.92. The zero-order chi connectivity index (χ0) is 14.5. The molecule has 0 unspecified atom stereocenters. The lowest BCUT2D eigenvalue weighted by atomic mass is 10.2. The molecule has 22 heavy (non-hydrogen) atoms. The van der Waals surface area contributed by atoms with Crippen molar-refractivity contribution < 1.29 is 14.0 Å². The van der Waals surface area contributed by atoms with Crippen LogP contribution in [0.4, 0.5) is 0 Å². The van der Waals surface area contributed by atoms with Crippen LogP contribution >= 0.6 is 24.0 Å². The molecule has 2 aromatic rings. The Kier molecular flexibility index (Phi) is 6.36. The molecule has 1 saturated heterocycles. The molecule has 1 N–H and O–H groups in total. The van der Waals surface area contributed by atoms with Gasteiger partial charge in [-0.3, -0.25) is 0 Å². The molecule has 0 saturated carbocycles. The first-order chi connectivity index (χ1) is 10.3. The molecule has 0 spiro atoms. The first-order valence-corrected chi connectivity index (χ1v) is 7.37. The van der Waals surface area contributed by atoms with Crippen molar-refractivity contribution in [2.24, 2.45) is 0 Å². The van der Waals surface area contributed by atoms with Gasteiger partial charge >= 0.3 is 0 Å². The van der Waals surface area contributed by atoms with Crippen molar-refractivity contribution in [1.82, 2.24) is 10.5 Å².